The number of rotatable bonds is 9. The first kappa shape index (κ1) is 24.5. The van der Waals surface area contributed by atoms with Gasteiger partial charge < -0.3 is 5.32 Å². The van der Waals surface area contributed by atoms with Crippen LogP contribution in [0, 0.1) is 11.6 Å². The summed E-state index contributed by atoms with van der Waals surface area (Å²) in [6, 6.07) is 8.98. The van der Waals surface area contributed by atoms with Crippen LogP contribution in [0.1, 0.15) is 12.8 Å². The van der Waals surface area contributed by atoms with Crippen LogP contribution < -0.4 is 13.9 Å². The summed E-state index contributed by atoms with van der Waals surface area (Å²) >= 11 is 0. The average Bonchev–Trinajstić information content (AvgIpc) is 2.65. The van der Waals surface area contributed by atoms with Crippen molar-refractivity contribution in [2.45, 2.75) is 12.8 Å². The minimum atomic E-state index is -3.78. The van der Waals surface area contributed by atoms with Crippen molar-refractivity contribution in [2.24, 2.45) is 0 Å². The van der Waals surface area contributed by atoms with E-state index in [1.807, 2.05) is 0 Å². The first-order chi connectivity index (χ1) is 14.3. The molecule has 0 atom stereocenters. The fourth-order valence-electron chi connectivity index (χ4n) is 2.70. The Morgan fingerprint density at radius 1 is 0.935 bits per heavy atom. The molecule has 0 saturated carbocycles. The zero-order valence-corrected chi connectivity index (χ0v) is 18.8. The van der Waals surface area contributed by atoms with Gasteiger partial charge in [0.1, 0.15) is 0 Å². The lowest BCUT2D eigenvalue weighted by Crippen LogP contribution is -2.31. The van der Waals surface area contributed by atoms with Crippen LogP contribution >= 0.6 is 0 Å². The van der Waals surface area contributed by atoms with Gasteiger partial charge in [0, 0.05) is 31.8 Å². The number of carbonyl (C=O) groups excluding carboxylic acids is 1. The average molecular weight is 476 g/mol. The highest BCUT2D eigenvalue weighted by molar-refractivity contribution is 7.92. The lowest BCUT2D eigenvalue weighted by atomic mass is 10.2. The predicted molar refractivity (Wildman–Crippen MR) is 116 cm³/mol. The van der Waals surface area contributed by atoms with Gasteiger partial charge in [0.25, 0.3) is 0 Å². The molecule has 0 unspecified atom stereocenters. The number of sulfonamides is 2. The van der Waals surface area contributed by atoms with Crippen molar-refractivity contribution in [3.63, 3.8) is 0 Å². The molecule has 0 bridgehead atoms. The Kier molecular flexibility index (Phi) is 7.60. The van der Waals surface area contributed by atoms with Gasteiger partial charge in [-0.3, -0.25) is 13.4 Å². The number of halogens is 2. The van der Waals surface area contributed by atoms with Gasteiger partial charge in [-0.25, -0.2) is 25.6 Å². The Bertz CT molecular complexity index is 1170. The minimum Gasteiger partial charge on any atom is -0.326 e. The Labute approximate surface area is 180 Å². The summed E-state index contributed by atoms with van der Waals surface area (Å²) in [5.74, 6) is -2.69. The number of anilines is 3. The van der Waals surface area contributed by atoms with Crippen molar-refractivity contribution in [1.29, 1.82) is 0 Å². The summed E-state index contributed by atoms with van der Waals surface area (Å²) in [6.07, 6.45) is 2.04. The summed E-state index contributed by atoms with van der Waals surface area (Å²) in [4.78, 5) is 12.2. The molecule has 1 amide bonds. The van der Waals surface area contributed by atoms with Gasteiger partial charge in [0.05, 0.1) is 23.9 Å². The molecule has 0 aliphatic carbocycles. The molecule has 0 fully saturated rings. The van der Waals surface area contributed by atoms with Crippen LogP contribution in [0.25, 0.3) is 0 Å². The third kappa shape index (κ3) is 6.89. The molecule has 1 N–H and O–H groups in total. The third-order valence-electron chi connectivity index (χ3n) is 4.35. The fourth-order valence-corrected chi connectivity index (χ4v) is 4.16. The van der Waals surface area contributed by atoms with Gasteiger partial charge in [-0.05, 0) is 36.8 Å². The van der Waals surface area contributed by atoms with Crippen LogP contribution in [-0.4, -0.2) is 48.8 Å². The van der Waals surface area contributed by atoms with Crippen molar-refractivity contribution < 1.29 is 30.4 Å². The molecule has 8 nitrogen and oxygen atoms in total. The molecule has 2 rings (SSSR count). The highest BCUT2D eigenvalue weighted by Crippen LogP contribution is 2.22. The smallest absolute Gasteiger partial charge is 0.232 e. The molecule has 0 radical (unpaired) electrons. The first-order valence-corrected chi connectivity index (χ1v) is 12.8. The second-order valence-corrected chi connectivity index (χ2v) is 10.8. The van der Waals surface area contributed by atoms with Crippen LogP contribution in [0.4, 0.5) is 25.8 Å². The fraction of sp³-hybridized carbons (Fsp3) is 0.316. The number of amides is 1. The normalized spacial score (nSPS) is 11.8. The molecular weight excluding hydrogens is 452 g/mol. The molecule has 0 aliphatic rings. The Balaban J connectivity index is 2.02. The first-order valence-electron chi connectivity index (χ1n) is 9.05. The van der Waals surface area contributed by atoms with E-state index in [0.717, 1.165) is 39.3 Å². The van der Waals surface area contributed by atoms with Gasteiger partial charge in [-0.2, -0.15) is 0 Å². The van der Waals surface area contributed by atoms with E-state index in [4.69, 9.17) is 0 Å². The topological polar surface area (TPSA) is 104 Å². The number of nitrogens with one attached hydrogen (secondary N) is 1. The Morgan fingerprint density at radius 3 is 2.19 bits per heavy atom. The van der Waals surface area contributed by atoms with E-state index >= 15 is 0 Å². The van der Waals surface area contributed by atoms with Crippen LogP contribution in [0.15, 0.2) is 42.5 Å². The number of nitrogens with zero attached hydrogens (tertiary/aromatic N) is 2. The van der Waals surface area contributed by atoms with Gasteiger partial charge in [-0.1, -0.05) is 6.07 Å². The van der Waals surface area contributed by atoms with E-state index in [9.17, 15) is 30.4 Å². The maximum absolute atomic E-state index is 13.5. The molecule has 0 saturated heterocycles. The number of hydrogen-bond donors (Lipinski definition) is 1. The van der Waals surface area contributed by atoms with E-state index in [1.54, 1.807) is 18.2 Å². The van der Waals surface area contributed by atoms with E-state index < -0.39 is 37.6 Å². The Morgan fingerprint density at radius 2 is 1.61 bits per heavy atom. The summed E-state index contributed by atoms with van der Waals surface area (Å²) in [6.45, 7) is -0.117. The van der Waals surface area contributed by atoms with Crippen LogP contribution in [0.3, 0.4) is 0 Å². The maximum Gasteiger partial charge on any atom is 0.232 e. The zero-order chi connectivity index (χ0) is 23.4. The van der Waals surface area contributed by atoms with Crippen LogP contribution in [0.5, 0.6) is 0 Å². The number of carbonyl (C=O) groups is 1. The maximum atomic E-state index is 13.5. The third-order valence-corrected chi connectivity index (χ3v) is 6.75. The second-order valence-electron chi connectivity index (χ2n) is 6.87. The van der Waals surface area contributed by atoms with Gasteiger partial charge >= 0.3 is 0 Å². The van der Waals surface area contributed by atoms with Crippen molar-refractivity contribution in [1.82, 2.24) is 0 Å². The largest absolute Gasteiger partial charge is 0.326 e. The quantitative estimate of drug-likeness (QED) is 0.600. The molecule has 31 heavy (non-hydrogen) atoms. The van der Waals surface area contributed by atoms with Crippen molar-refractivity contribution >= 4 is 43.0 Å². The molecule has 0 aliphatic heterocycles. The zero-order valence-electron chi connectivity index (χ0n) is 17.2. The molecule has 0 spiro atoms. The van der Waals surface area contributed by atoms with Crippen molar-refractivity contribution in [2.75, 3.05) is 40.0 Å². The van der Waals surface area contributed by atoms with E-state index in [0.29, 0.717) is 11.4 Å². The molecular formula is C19H23F2N3O5S2. The van der Waals surface area contributed by atoms with E-state index in [-0.39, 0.29) is 25.1 Å². The van der Waals surface area contributed by atoms with Gasteiger partial charge in [-0.15, -0.1) is 0 Å². The SMILES string of the molecule is CN(c1cccc(NC(=O)CCCN(c2ccc(F)c(F)c2)S(C)(=O)=O)c1)S(C)(=O)=O. The molecule has 12 heteroatoms. The minimum absolute atomic E-state index is 0.0432. The monoisotopic (exact) mass is 475 g/mol. The number of benzene rings is 2. The standard InChI is InChI=1S/C19H23F2N3O5S2/c1-23(30(2,26)27)15-7-4-6-14(12-15)22-19(25)8-5-11-24(31(3,28)29)16-9-10-17(20)18(21)13-16/h4,6-7,9-10,12-13H,5,8,11H2,1-3H3,(H,22,25). The highest BCUT2D eigenvalue weighted by atomic mass is 32.2. The Hall–Kier alpha value is -2.73. The molecule has 2 aromatic rings. The van der Waals surface area contributed by atoms with E-state index in [2.05, 4.69) is 5.32 Å². The van der Waals surface area contributed by atoms with Crippen LogP contribution in [0.2, 0.25) is 0 Å². The van der Waals surface area contributed by atoms with E-state index in [1.165, 1.54) is 13.1 Å². The summed E-state index contributed by atoms with van der Waals surface area (Å²) in [5, 5.41) is 2.62. The highest BCUT2D eigenvalue weighted by Gasteiger charge is 2.19. The predicted octanol–water partition coefficient (Wildman–Crippen LogP) is 2.55. The summed E-state index contributed by atoms with van der Waals surface area (Å²) in [5.41, 5.74) is 0.693. The van der Waals surface area contributed by atoms with Gasteiger partial charge in [0.15, 0.2) is 11.6 Å². The lowest BCUT2D eigenvalue weighted by Gasteiger charge is -2.22. The van der Waals surface area contributed by atoms with Crippen molar-refractivity contribution in [3.05, 3.63) is 54.1 Å². The molecule has 0 heterocycles. The van der Waals surface area contributed by atoms with Crippen LogP contribution in [-0.2, 0) is 24.8 Å². The van der Waals surface area contributed by atoms with Crippen molar-refractivity contribution in [3.8, 4) is 0 Å². The number of hydrogen-bond acceptors (Lipinski definition) is 5. The molecule has 0 aromatic heterocycles. The van der Waals surface area contributed by atoms with Gasteiger partial charge in [0.2, 0.25) is 26.0 Å². The second kappa shape index (κ2) is 9.60. The summed E-state index contributed by atoms with van der Waals surface area (Å²) < 4.78 is 75.9. The molecule has 170 valence electrons. The molecule has 2 aromatic carbocycles. The lowest BCUT2D eigenvalue weighted by molar-refractivity contribution is -0.116. The summed E-state index contributed by atoms with van der Waals surface area (Å²) in [7, 11) is -5.86.